The van der Waals surface area contributed by atoms with Crippen molar-refractivity contribution in [1.82, 2.24) is 9.47 Å². The van der Waals surface area contributed by atoms with Crippen molar-refractivity contribution in [3.63, 3.8) is 0 Å². The molecule has 1 unspecified atom stereocenters. The van der Waals surface area contributed by atoms with Gasteiger partial charge < -0.3 is 19.3 Å². The van der Waals surface area contributed by atoms with Gasteiger partial charge in [0.1, 0.15) is 23.9 Å². The Labute approximate surface area is 148 Å². The lowest BCUT2D eigenvalue weighted by molar-refractivity contribution is -0.141. The van der Waals surface area contributed by atoms with Crippen molar-refractivity contribution in [2.75, 3.05) is 19.8 Å². The molecule has 1 aliphatic rings. The summed E-state index contributed by atoms with van der Waals surface area (Å²) >= 11 is 0. The number of rotatable bonds is 3. The number of amides is 1. The molecule has 0 saturated carbocycles. The predicted octanol–water partition coefficient (Wildman–Crippen LogP) is 1.74. The summed E-state index contributed by atoms with van der Waals surface area (Å²) in [4.78, 5) is 26.3. The van der Waals surface area contributed by atoms with Crippen LogP contribution in [0.5, 0.6) is 5.75 Å². The van der Waals surface area contributed by atoms with Crippen LogP contribution in [0.1, 0.15) is 17.3 Å². The number of carbonyl (C=O) groups excluding carboxylic acids is 1. The summed E-state index contributed by atoms with van der Waals surface area (Å²) in [6.07, 6.45) is 0. The topological polar surface area (TPSA) is 71.8 Å². The van der Waals surface area contributed by atoms with Gasteiger partial charge in [0.2, 0.25) is 5.91 Å². The van der Waals surface area contributed by atoms with Gasteiger partial charge in [-0.05, 0) is 30.7 Å². The molecule has 3 rings (SSSR count). The maximum atomic E-state index is 13.5. The van der Waals surface area contributed by atoms with Crippen LogP contribution in [0.2, 0.25) is 0 Å². The van der Waals surface area contributed by atoms with E-state index in [0.717, 1.165) is 12.1 Å². The molecule has 1 N–H and O–H groups in total. The molecule has 0 aliphatic carbocycles. The molecule has 1 atom stereocenters. The summed E-state index contributed by atoms with van der Waals surface area (Å²) in [6.45, 7) is 2.02. The number of aromatic hydroxyl groups is 1. The van der Waals surface area contributed by atoms with E-state index in [-0.39, 0.29) is 31.4 Å². The molecule has 0 spiro atoms. The van der Waals surface area contributed by atoms with E-state index in [9.17, 15) is 23.5 Å². The highest BCUT2D eigenvalue weighted by Crippen LogP contribution is 2.26. The van der Waals surface area contributed by atoms with E-state index in [1.54, 1.807) is 6.92 Å². The highest BCUT2D eigenvalue weighted by Gasteiger charge is 2.29. The maximum Gasteiger partial charge on any atom is 0.254 e. The summed E-state index contributed by atoms with van der Waals surface area (Å²) in [5.41, 5.74) is 0.229. The largest absolute Gasteiger partial charge is 0.508 e. The molecule has 6 nitrogen and oxygen atoms in total. The Balaban J connectivity index is 1.88. The number of ether oxygens (including phenoxy) is 1. The van der Waals surface area contributed by atoms with Crippen molar-refractivity contribution >= 4 is 5.91 Å². The van der Waals surface area contributed by atoms with Gasteiger partial charge in [-0.15, -0.1) is 0 Å². The van der Waals surface area contributed by atoms with Crippen LogP contribution in [-0.2, 0) is 16.1 Å². The maximum absolute atomic E-state index is 13.5. The van der Waals surface area contributed by atoms with Gasteiger partial charge in [0, 0.05) is 24.4 Å². The Bertz CT molecular complexity index is 877. The Hall–Kier alpha value is -2.74. The molecule has 1 amide bonds. The van der Waals surface area contributed by atoms with Crippen LogP contribution in [-0.4, -0.2) is 40.2 Å². The number of nitrogens with zero attached hydrogens (tertiary/aromatic N) is 2. The zero-order valence-electron chi connectivity index (χ0n) is 14.1. The number of hydrogen-bond donors (Lipinski definition) is 1. The first-order valence-electron chi connectivity index (χ1n) is 8.09. The third kappa shape index (κ3) is 3.75. The molecule has 8 heteroatoms. The quantitative estimate of drug-likeness (QED) is 0.901. The average molecular weight is 364 g/mol. The number of halogens is 2. The standard InChI is InChI=1S/C18H18F2N2O4/c1-11-4-15(23)8-17(24)22(11)9-18(25)21-2-3-26-10-16(21)12-5-13(19)7-14(20)6-12/h4-8,16,23H,2-3,9-10H2,1H3. The van der Waals surface area contributed by atoms with Gasteiger partial charge in [0.15, 0.2) is 0 Å². The molecule has 1 aromatic heterocycles. The van der Waals surface area contributed by atoms with Crippen molar-refractivity contribution in [2.24, 2.45) is 0 Å². The summed E-state index contributed by atoms with van der Waals surface area (Å²) in [7, 11) is 0. The van der Waals surface area contributed by atoms with Gasteiger partial charge in [-0.1, -0.05) is 0 Å². The highest BCUT2D eigenvalue weighted by atomic mass is 19.1. The van der Waals surface area contributed by atoms with Crippen LogP contribution in [0.4, 0.5) is 8.78 Å². The van der Waals surface area contributed by atoms with E-state index in [1.165, 1.54) is 27.7 Å². The van der Waals surface area contributed by atoms with Crippen LogP contribution < -0.4 is 5.56 Å². The van der Waals surface area contributed by atoms with E-state index >= 15 is 0 Å². The van der Waals surface area contributed by atoms with Crippen molar-refractivity contribution < 1.29 is 23.4 Å². The van der Waals surface area contributed by atoms with E-state index in [0.29, 0.717) is 17.9 Å². The van der Waals surface area contributed by atoms with Gasteiger partial charge in [0.05, 0.1) is 19.3 Å². The van der Waals surface area contributed by atoms with Gasteiger partial charge >= 0.3 is 0 Å². The summed E-state index contributed by atoms with van der Waals surface area (Å²) in [5.74, 6) is -2.01. The van der Waals surface area contributed by atoms with Gasteiger partial charge in [0.25, 0.3) is 5.56 Å². The number of aryl methyl sites for hydroxylation is 1. The molecule has 1 aromatic carbocycles. The zero-order valence-corrected chi connectivity index (χ0v) is 14.1. The number of aromatic nitrogens is 1. The van der Waals surface area contributed by atoms with Crippen molar-refractivity contribution in [2.45, 2.75) is 19.5 Å². The smallest absolute Gasteiger partial charge is 0.254 e. The van der Waals surface area contributed by atoms with Crippen LogP contribution >= 0.6 is 0 Å². The average Bonchev–Trinajstić information content (AvgIpc) is 2.57. The molecular formula is C18H18F2N2O4. The minimum Gasteiger partial charge on any atom is -0.508 e. The fraction of sp³-hybridized carbons (Fsp3) is 0.333. The van der Waals surface area contributed by atoms with E-state index in [1.807, 2.05) is 0 Å². The normalized spacial score (nSPS) is 17.3. The van der Waals surface area contributed by atoms with Crippen molar-refractivity contribution in [1.29, 1.82) is 0 Å². The molecule has 1 aliphatic heterocycles. The lowest BCUT2D eigenvalue weighted by atomic mass is 10.0. The first-order valence-corrected chi connectivity index (χ1v) is 8.09. The van der Waals surface area contributed by atoms with E-state index < -0.39 is 23.2 Å². The van der Waals surface area contributed by atoms with Crippen molar-refractivity contribution in [3.8, 4) is 5.75 Å². The first kappa shape index (κ1) is 18.1. The fourth-order valence-electron chi connectivity index (χ4n) is 3.09. The zero-order chi connectivity index (χ0) is 18.8. The van der Waals surface area contributed by atoms with E-state index in [4.69, 9.17) is 4.74 Å². The number of morpholine rings is 1. The SMILES string of the molecule is Cc1cc(O)cc(=O)n1CC(=O)N1CCOCC1c1cc(F)cc(F)c1. The lowest BCUT2D eigenvalue weighted by Crippen LogP contribution is -2.45. The van der Waals surface area contributed by atoms with Crippen LogP contribution in [0.25, 0.3) is 0 Å². The van der Waals surface area contributed by atoms with Crippen LogP contribution in [0, 0.1) is 18.6 Å². The van der Waals surface area contributed by atoms with Crippen molar-refractivity contribution in [3.05, 3.63) is 63.6 Å². The third-order valence-corrected chi connectivity index (χ3v) is 4.33. The number of pyridine rings is 1. The lowest BCUT2D eigenvalue weighted by Gasteiger charge is -2.36. The number of hydrogen-bond acceptors (Lipinski definition) is 4. The van der Waals surface area contributed by atoms with E-state index in [2.05, 4.69) is 0 Å². The second-order valence-electron chi connectivity index (χ2n) is 6.16. The minimum atomic E-state index is -0.733. The van der Waals surface area contributed by atoms with Crippen LogP contribution in [0.3, 0.4) is 0 Å². The summed E-state index contributed by atoms with van der Waals surface area (Å²) < 4.78 is 33.7. The number of carbonyl (C=O) groups is 1. The first-order chi connectivity index (χ1) is 12.3. The number of benzene rings is 1. The Morgan fingerprint density at radius 1 is 1.23 bits per heavy atom. The minimum absolute atomic E-state index is 0.109. The molecule has 1 saturated heterocycles. The molecule has 2 aromatic rings. The predicted molar refractivity (Wildman–Crippen MR) is 88.7 cm³/mol. The van der Waals surface area contributed by atoms with Gasteiger partial charge in [-0.3, -0.25) is 9.59 Å². The third-order valence-electron chi connectivity index (χ3n) is 4.33. The molecule has 0 radical (unpaired) electrons. The highest BCUT2D eigenvalue weighted by molar-refractivity contribution is 5.76. The summed E-state index contributed by atoms with van der Waals surface area (Å²) in [6, 6.07) is 4.86. The molecule has 2 heterocycles. The summed E-state index contributed by atoms with van der Waals surface area (Å²) in [5, 5.41) is 9.45. The van der Waals surface area contributed by atoms with Crippen LogP contribution in [0.15, 0.2) is 35.1 Å². The molecule has 0 bridgehead atoms. The molecule has 26 heavy (non-hydrogen) atoms. The second kappa shape index (κ2) is 7.25. The van der Waals surface area contributed by atoms with Gasteiger partial charge in [-0.25, -0.2) is 8.78 Å². The fourth-order valence-corrected chi connectivity index (χ4v) is 3.09. The molecule has 138 valence electrons. The molecule has 1 fully saturated rings. The second-order valence-corrected chi connectivity index (χ2v) is 6.16. The Kier molecular flexibility index (Phi) is 5.03. The Morgan fingerprint density at radius 3 is 2.58 bits per heavy atom. The Morgan fingerprint density at radius 2 is 1.92 bits per heavy atom. The monoisotopic (exact) mass is 364 g/mol. The van der Waals surface area contributed by atoms with Gasteiger partial charge in [-0.2, -0.15) is 0 Å². The molecular weight excluding hydrogens is 346 g/mol.